The van der Waals surface area contributed by atoms with Crippen molar-refractivity contribution < 1.29 is 14.6 Å². The lowest BCUT2D eigenvalue weighted by Crippen LogP contribution is -2.01. The Morgan fingerprint density at radius 2 is 2.00 bits per heavy atom. The van der Waals surface area contributed by atoms with Crippen molar-refractivity contribution in [2.45, 2.75) is 0 Å². The van der Waals surface area contributed by atoms with E-state index in [1.807, 2.05) is 24.3 Å². The number of hydrogen-bond donors (Lipinski definition) is 1. The van der Waals surface area contributed by atoms with Gasteiger partial charge in [0.15, 0.2) is 5.65 Å². The molecule has 0 spiro atoms. The van der Waals surface area contributed by atoms with E-state index in [1.54, 1.807) is 24.9 Å². The number of aromatic carboxylic acids is 1. The molecule has 6 heteroatoms. The van der Waals surface area contributed by atoms with Gasteiger partial charge in [-0.3, -0.25) is 4.68 Å². The lowest BCUT2D eigenvalue weighted by atomic mass is 10.1. The van der Waals surface area contributed by atoms with Gasteiger partial charge in [0, 0.05) is 12.6 Å². The molecule has 0 saturated carbocycles. The summed E-state index contributed by atoms with van der Waals surface area (Å²) in [5.41, 5.74) is 2.15. The number of pyridine rings is 1. The monoisotopic (exact) mass is 283 g/mol. The number of fused-ring (bicyclic) bond motifs is 1. The molecule has 0 aliphatic rings. The quantitative estimate of drug-likeness (QED) is 0.798. The van der Waals surface area contributed by atoms with Gasteiger partial charge in [-0.15, -0.1) is 0 Å². The van der Waals surface area contributed by atoms with Crippen LogP contribution in [0.15, 0.2) is 36.5 Å². The molecule has 0 aliphatic carbocycles. The lowest BCUT2D eigenvalue weighted by Gasteiger charge is -2.06. The van der Waals surface area contributed by atoms with Gasteiger partial charge >= 0.3 is 5.97 Å². The summed E-state index contributed by atoms with van der Waals surface area (Å²) in [6.45, 7) is 0. The normalized spacial score (nSPS) is 10.8. The van der Waals surface area contributed by atoms with E-state index in [2.05, 4.69) is 10.1 Å². The van der Waals surface area contributed by atoms with E-state index in [4.69, 9.17) is 4.74 Å². The molecular formula is C15H13N3O3. The van der Waals surface area contributed by atoms with Crippen molar-refractivity contribution in [1.82, 2.24) is 14.8 Å². The molecule has 106 valence electrons. The number of nitrogens with zero attached hydrogens (tertiary/aromatic N) is 3. The van der Waals surface area contributed by atoms with Crippen LogP contribution >= 0.6 is 0 Å². The molecule has 2 aromatic heterocycles. The second kappa shape index (κ2) is 4.90. The maximum atomic E-state index is 11.4. The number of carbonyl (C=O) groups is 1. The van der Waals surface area contributed by atoms with Crippen molar-refractivity contribution >= 4 is 17.0 Å². The van der Waals surface area contributed by atoms with Gasteiger partial charge in [0.25, 0.3) is 0 Å². The molecule has 6 nitrogen and oxygen atoms in total. The van der Waals surface area contributed by atoms with Gasteiger partial charge in [-0.2, -0.15) is 5.10 Å². The molecule has 1 aromatic carbocycles. The van der Waals surface area contributed by atoms with Crippen molar-refractivity contribution in [2.24, 2.45) is 7.05 Å². The van der Waals surface area contributed by atoms with Gasteiger partial charge in [0.2, 0.25) is 0 Å². The Kier molecular flexibility index (Phi) is 3.06. The van der Waals surface area contributed by atoms with Crippen LogP contribution in [0.25, 0.3) is 22.3 Å². The van der Waals surface area contributed by atoms with Gasteiger partial charge < -0.3 is 9.84 Å². The minimum absolute atomic E-state index is 0.193. The van der Waals surface area contributed by atoms with Gasteiger partial charge in [-0.25, -0.2) is 9.78 Å². The van der Waals surface area contributed by atoms with Crippen molar-refractivity contribution in [3.63, 3.8) is 0 Å². The zero-order chi connectivity index (χ0) is 15.0. The SMILES string of the molecule is COc1ccc(-c2cc(C(=O)O)c3cnn(C)c3n2)cc1. The van der Waals surface area contributed by atoms with Crippen LogP contribution < -0.4 is 4.74 Å². The number of aromatic nitrogens is 3. The highest BCUT2D eigenvalue weighted by Crippen LogP contribution is 2.26. The Bertz CT molecular complexity index is 822. The summed E-state index contributed by atoms with van der Waals surface area (Å²) in [5, 5.41) is 14.0. The zero-order valence-electron chi connectivity index (χ0n) is 11.6. The lowest BCUT2D eigenvalue weighted by molar-refractivity contribution is 0.0699. The molecule has 0 radical (unpaired) electrons. The minimum atomic E-state index is -0.995. The topological polar surface area (TPSA) is 77.2 Å². The molecule has 0 aliphatic heterocycles. The van der Waals surface area contributed by atoms with Gasteiger partial charge in [0.1, 0.15) is 5.75 Å². The molecule has 0 fully saturated rings. The Labute approximate surface area is 120 Å². The summed E-state index contributed by atoms with van der Waals surface area (Å²) in [6, 6.07) is 8.87. The molecule has 3 rings (SSSR count). The average molecular weight is 283 g/mol. The maximum absolute atomic E-state index is 11.4. The molecule has 0 amide bonds. The minimum Gasteiger partial charge on any atom is -0.497 e. The smallest absolute Gasteiger partial charge is 0.336 e. The Balaban J connectivity index is 2.22. The second-order valence-corrected chi connectivity index (χ2v) is 4.59. The number of aryl methyl sites for hydroxylation is 1. The third-order valence-corrected chi connectivity index (χ3v) is 3.32. The first-order chi connectivity index (χ1) is 10.1. The van der Waals surface area contributed by atoms with Crippen molar-refractivity contribution in [1.29, 1.82) is 0 Å². The highest BCUT2D eigenvalue weighted by atomic mass is 16.5. The number of ether oxygens (including phenoxy) is 1. The van der Waals surface area contributed by atoms with Crippen LogP contribution in [0.4, 0.5) is 0 Å². The van der Waals surface area contributed by atoms with E-state index in [-0.39, 0.29) is 5.56 Å². The maximum Gasteiger partial charge on any atom is 0.336 e. The molecule has 0 atom stereocenters. The number of carboxylic acids is 1. The summed E-state index contributed by atoms with van der Waals surface area (Å²) in [4.78, 5) is 15.9. The first-order valence-electron chi connectivity index (χ1n) is 6.30. The largest absolute Gasteiger partial charge is 0.497 e. The summed E-state index contributed by atoms with van der Waals surface area (Å²) >= 11 is 0. The Hall–Kier alpha value is -2.89. The number of benzene rings is 1. The predicted molar refractivity (Wildman–Crippen MR) is 77.5 cm³/mol. The van der Waals surface area contributed by atoms with E-state index >= 15 is 0 Å². The molecular weight excluding hydrogens is 270 g/mol. The average Bonchev–Trinajstić information content (AvgIpc) is 2.88. The molecule has 2 heterocycles. The molecule has 1 N–H and O–H groups in total. The second-order valence-electron chi connectivity index (χ2n) is 4.59. The Morgan fingerprint density at radius 1 is 1.29 bits per heavy atom. The first-order valence-corrected chi connectivity index (χ1v) is 6.30. The molecule has 21 heavy (non-hydrogen) atoms. The van der Waals surface area contributed by atoms with Crippen LogP contribution in [0.2, 0.25) is 0 Å². The highest BCUT2D eigenvalue weighted by molar-refractivity contribution is 6.02. The van der Waals surface area contributed by atoms with E-state index in [1.165, 1.54) is 6.20 Å². The van der Waals surface area contributed by atoms with Crippen LogP contribution in [0.5, 0.6) is 5.75 Å². The van der Waals surface area contributed by atoms with E-state index < -0.39 is 5.97 Å². The van der Waals surface area contributed by atoms with Gasteiger partial charge in [-0.05, 0) is 30.3 Å². The molecule has 0 unspecified atom stereocenters. The molecule has 0 bridgehead atoms. The fraction of sp³-hybridized carbons (Fsp3) is 0.133. The summed E-state index contributed by atoms with van der Waals surface area (Å²) in [5.74, 6) is -0.260. The molecule has 3 aromatic rings. The third kappa shape index (κ3) is 2.20. The summed E-state index contributed by atoms with van der Waals surface area (Å²) in [7, 11) is 3.33. The fourth-order valence-electron chi connectivity index (χ4n) is 2.20. The van der Waals surface area contributed by atoms with Crippen molar-refractivity contribution in [3.8, 4) is 17.0 Å². The first kappa shape index (κ1) is 13.1. The van der Waals surface area contributed by atoms with E-state index in [0.29, 0.717) is 16.7 Å². The van der Waals surface area contributed by atoms with Gasteiger partial charge in [0.05, 0.1) is 30.0 Å². The van der Waals surface area contributed by atoms with Crippen LogP contribution in [0.3, 0.4) is 0 Å². The Morgan fingerprint density at radius 3 is 2.62 bits per heavy atom. The van der Waals surface area contributed by atoms with Crippen molar-refractivity contribution in [3.05, 3.63) is 42.1 Å². The van der Waals surface area contributed by atoms with Crippen LogP contribution in [-0.2, 0) is 7.05 Å². The fourth-order valence-corrected chi connectivity index (χ4v) is 2.20. The van der Waals surface area contributed by atoms with Crippen LogP contribution in [-0.4, -0.2) is 33.0 Å². The number of carboxylic acid groups (broad SMARTS) is 1. The summed E-state index contributed by atoms with van der Waals surface area (Å²) in [6.07, 6.45) is 1.52. The van der Waals surface area contributed by atoms with Gasteiger partial charge in [-0.1, -0.05) is 0 Å². The highest BCUT2D eigenvalue weighted by Gasteiger charge is 2.15. The number of hydrogen-bond acceptors (Lipinski definition) is 4. The van der Waals surface area contributed by atoms with E-state index in [9.17, 15) is 9.90 Å². The zero-order valence-corrected chi connectivity index (χ0v) is 11.6. The standard InChI is InChI=1S/C15H13N3O3/c1-18-14-12(8-16-18)11(15(19)20)7-13(17-14)9-3-5-10(21-2)6-4-9/h3-8H,1-2H3,(H,19,20). The van der Waals surface area contributed by atoms with Crippen LogP contribution in [0, 0.1) is 0 Å². The molecule has 0 saturated heterocycles. The summed E-state index contributed by atoms with van der Waals surface area (Å²) < 4.78 is 6.68. The van der Waals surface area contributed by atoms with E-state index in [0.717, 1.165) is 11.3 Å². The third-order valence-electron chi connectivity index (χ3n) is 3.32. The predicted octanol–water partition coefficient (Wildman–Crippen LogP) is 2.34. The van der Waals surface area contributed by atoms with Crippen molar-refractivity contribution in [2.75, 3.05) is 7.11 Å². The number of rotatable bonds is 3. The number of methoxy groups -OCH3 is 1. The van der Waals surface area contributed by atoms with Crippen LogP contribution in [0.1, 0.15) is 10.4 Å².